The van der Waals surface area contributed by atoms with Crippen molar-refractivity contribution < 1.29 is 0 Å². The summed E-state index contributed by atoms with van der Waals surface area (Å²) in [6.45, 7) is 4.69. The lowest BCUT2D eigenvalue weighted by Crippen LogP contribution is -2.49. The summed E-state index contributed by atoms with van der Waals surface area (Å²) in [5, 5.41) is 8.74. The van der Waals surface area contributed by atoms with Crippen LogP contribution in [0.25, 0.3) is 0 Å². The number of rotatable bonds is 2. The molecule has 1 aliphatic heterocycles. The third kappa shape index (κ3) is 2.64. The number of hydrogen-bond acceptors (Lipinski definition) is 2. The van der Waals surface area contributed by atoms with Gasteiger partial charge in [-0.25, -0.2) is 0 Å². The lowest BCUT2D eigenvalue weighted by molar-refractivity contribution is 0.117. The van der Waals surface area contributed by atoms with Crippen LogP contribution in [0.1, 0.15) is 39.0 Å². The van der Waals surface area contributed by atoms with Gasteiger partial charge in [-0.05, 0) is 50.9 Å². The van der Waals surface area contributed by atoms with E-state index in [-0.39, 0.29) is 5.54 Å². The van der Waals surface area contributed by atoms with Gasteiger partial charge < -0.3 is 0 Å². The Morgan fingerprint density at radius 2 is 2.12 bits per heavy atom. The van der Waals surface area contributed by atoms with Crippen LogP contribution in [-0.4, -0.2) is 23.5 Å². The summed E-state index contributed by atoms with van der Waals surface area (Å²) in [6, 6.07) is 2.22. The van der Waals surface area contributed by atoms with Crippen LogP contribution in [0.3, 0.4) is 0 Å². The molecule has 0 N–H and O–H groups in total. The van der Waals surface area contributed by atoms with E-state index in [1.807, 2.05) is 0 Å². The maximum Gasteiger partial charge on any atom is 0.0669 e. The van der Waals surface area contributed by atoms with E-state index in [0.717, 1.165) is 12.0 Å². The Bertz CT molecular complexity index is 386. The van der Waals surface area contributed by atoms with Gasteiger partial charge in [-0.15, -0.1) is 0 Å². The van der Waals surface area contributed by atoms with E-state index in [4.69, 9.17) is 5.26 Å². The Morgan fingerprint density at radius 3 is 2.71 bits per heavy atom. The Balaban J connectivity index is 2.13. The molecule has 0 radical (unpaired) electrons. The summed E-state index contributed by atoms with van der Waals surface area (Å²) in [5.74, 6) is 0. The van der Waals surface area contributed by atoms with Gasteiger partial charge >= 0.3 is 0 Å². The van der Waals surface area contributed by atoms with Crippen molar-refractivity contribution in [2.24, 2.45) is 0 Å². The number of hydrogen-bond donors (Lipinski definition) is 0. The van der Waals surface area contributed by atoms with Gasteiger partial charge in [0, 0.05) is 4.48 Å². The van der Waals surface area contributed by atoms with Crippen molar-refractivity contribution in [1.82, 2.24) is 4.90 Å². The van der Waals surface area contributed by atoms with Crippen molar-refractivity contribution in [2.45, 2.75) is 44.6 Å². The minimum Gasteiger partial charge on any atom is -0.293 e. The second kappa shape index (κ2) is 5.37. The molecule has 0 spiro atoms. The zero-order valence-corrected chi connectivity index (χ0v) is 12.0. The molecule has 2 aliphatic rings. The molecule has 0 aromatic carbocycles. The van der Waals surface area contributed by atoms with E-state index in [1.165, 1.54) is 36.8 Å². The van der Waals surface area contributed by atoms with Crippen molar-refractivity contribution in [1.29, 1.82) is 5.26 Å². The van der Waals surface area contributed by atoms with Crippen molar-refractivity contribution in [3.05, 3.63) is 22.2 Å². The molecule has 0 amide bonds. The van der Waals surface area contributed by atoms with Crippen molar-refractivity contribution >= 4 is 15.9 Å². The average Bonchev–Trinajstić information content (AvgIpc) is 2.35. The van der Waals surface area contributed by atoms with Crippen LogP contribution in [0, 0.1) is 11.3 Å². The molecule has 1 unspecified atom stereocenters. The van der Waals surface area contributed by atoms with E-state index in [9.17, 15) is 0 Å². The number of likely N-dealkylation sites (tertiary alicyclic amines) is 1. The summed E-state index contributed by atoms with van der Waals surface area (Å²) in [5.41, 5.74) is 1.26. The highest BCUT2D eigenvalue weighted by Gasteiger charge is 2.36. The first-order valence-corrected chi connectivity index (χ1v) is 7.15. The SMILES string of the molecule is CC1(N2CCCCC2)CC=C(CC#N)C=C1Br. The van der Waals surface area contributed by atoms with Crippen LogP contribution in [0.4, 0.5) is 0 Å². The van der Waals surface area contributed by atoms with Crippen LogP contribution in [0.5, 0.6) is 0 Å². The van der Waals surface area contributed by atoms with Crippen LogP contribution in [0.15, 0.2) is 22.2 Å². The van der Waals surface area contributed by atoms with Gasteiger partial charge in [-0.2, -0.15) is 5.26 Å². The van der Waals surface area contributed by atoms with E-state index < -0.39 is 0 Å². The lowest BCUT2D eigenvalue weighted by Gasteiger charge is -2.44. The molecule has 0 aromatic rings. The number of nitriles is 1. The molecule has 0 bridgehead atoms. The smallest absolute Gasteiger partial charge is 0.0669 e. The second-order valence-corrected chi connectivity index (χ2v) is 5.99. The third-order valence-electron chi connectivity index (χ3n) is 3.93. The number of nitrogens with zero attached hydrogens (tertiary/aromatic N) is 2. The van der Waals surface area contributed by atoms with Crippen molar-refractivity contribution in [2.75, 3.05) is 13.1 Å². The molecule has 1 atom stereocenters. The molecule has 3 heteroatoms. The third-order valence-corrected chi connectivity index (χ3v) is 5.01. The zero-order valence-electron chi connectivity index (χ0n) is 10.4. The molecule has 17 heavy (non-hydrogen) atoms. The molecule has 1 saturated heterocycles. The molecule has 2 rings (SSSR count). The summed E-state index contributed by atoms with van der Waals surface area (Å²) in [4.78, 5) is 2.58. The maximum atomic E-state index is 8.74. The van der Waals surface area contributed by atoms with Crippen LogP contribution in [0.2, 0.25) is 0 Å². The molecule has 1 fully saturated rings. The molecular formula is C14H19BrN2. The molecule has 1 heterocycles. The van der Waals surface area contributed by atoms with Crippen LogP contribution >= 0.6 is 15.9 Å². The van der Waals surface area contributed by atoms with Crippen LogP contribution < -0.4 is 0 Å². The Kier molecular flexibility index (Phi) is 4.06. The largest absolute Gasteiger partial charge is 0.293 e. The van der Waals surface area contributed by atoms with Gasteiger partial charge in [0.05, 0.1) is 18.0 Å². The standard InChI is InChI=1S/C14H19BrN2/c1-14(17-9-3-2-4-10-17)7-5-12(6-8-16)11-13(14)15/h5,11H,2-4,6-7,9-10H2,1H3. The fraction of sp³-hybridized carbons (Fsp3) is 0.643. The molecule has 2 nitrogen and oxygen atoms in total. The fourth-order valence-electron chi connectivity index (χ4n) is 2.69. The van der Waals surface area contributed by atoms with Gasteiger partial charge in [-0.3, -0.25) is 4.90 Å². The topological polar surface area (TPSA) is 27.0 Å². The molecule has 92 valence electrons. The van der Waals surface area contributed by atoms with Gasteiger partial charge in [-0.1, -0.05) is 28.4 Å². The first-order chi connectivity index (χ1) is 8.16. The molecular weight excluding hydrogens is 276 g/mol. The van der Waals surface area contributed by atoms with E-state index >= 15 is 0 Å². The predicted octanol–water partition coefficient (Wildman–Crippen LogP) is 3.75. The monoisotopic (exact) mass is 294 g/mol. The maximum absolute atomic E-state index is 8.74. The highest BCUT2D eigenvalue weighted by Crippen LogP contribution is 2.39. The summed E-state index contributed by atoms with van der Waals surface area (Å²) >= 11 is 3.73. The molecule has 0 aromatic heterocycles. The fourth-order valence-corrected chi connectivity index (χ4v) is 3.39. The minimum atomic E-state index is 0.110. The predicted molar refractivity (Wildman–Crippen MR) is 73.8 cm³/mol. The Labute approximate surface area is 112 Å². The zero-order chi connectivity index (χ0) is 12.3. The average molecular weight is 295 g/mol. The number of piperidine rings is 1. The normalized spacial score (nSPS) is 30.4. The van der Waals surface area contributed by atoms with Gasteiger partial charge in [0.2, 0.25) is 0 Å². The summed E-state index contributed by atoms with van der Waals surface area (Å²) in [7, 11) is 0. The quantitative estimate of drug-likeness (QED) is 0.775. The van der Waals surface area contributed by atoms with Gasteiger partial charge in [0.1, 0.15) is 0 Å². The van der Waals surface area contributed by atoms with E-state index in [2.05, 4.69) is 46.0 Å². The minimum absolute atomic E-state index is 0.110. The number of halogens is 1. The van der Waals surface area contributed by atoms with Gasteiger partial charge in [0.15, 0.2) is 0 Å². The second-order valence-electron chi connectivity index (χ2n) is 5.13. The van der Waals surface area contributed by atoms with Gasteiger partial charge in [0.25, 0.3) is 0 Å². The Morgan fingerprint density at radius 1 is 1.41 bits per heavy atom. The highest BCUT2D eigenvalue weighted by molar-refractivity contribution is 9.11. The van der Waals surface area contributed by atoms with E-state index in [0.29, 0.717) is 6.42 Å². The summed E-state index contributed by atoms with van der Waals surface area (Å²) in [6.07, 6.45) is 9.88. The number of allylic oxidation sites excluding steroid dienone is 2. The lowest BCUT2D eigenvalue weighted by atomic mass is 9.86. The summed E-state index contributed by atoms with van der Waals surface area (Å²) < 4.78 is 1.24. The van der Waals surface area contributed by atoms with Crippen molar-refractivity contribution in [3.8, 4) is 6.07 Å². The highest BCUT2D eigenvalue weighted by atomic mass is 79.9. The van der Waals surface area contributed by atoms with Crippen LogP contribution in [-0.2, 0) is 0 Å². The van der Waals surface area contributed by atoms with Crippen molar-refractivity contribution in [3.63, 3.8) is 0 Å². The molecule has 1 aliphatic carbocycles. The molecule has 0 saturated carbocycles. The van der Waals surface area contributed by atoms with E-state index in [1.54, 1.807) is 0 Å². The first kappa shape index (κ1) is 12.9. The Hall–Kier alpha value is -0.590. The first-order valence-electron chi connectivity index (χ1n) is 6.35.